The summed E-state index contributed by atoms with van der Waals surface area (Å²) in [7, 11) is 3.12. The Labute approximate surface area is 220 Å². The molecule has 8 nitrogen and oxygen atoms in total. The SMILES string of the molecule is COc1cccc(C2/C(=C(\O)c3cc(C)c(OC)cc3C)C(=O)C(=O)N2c2nc3cc(C)c(C)cc3[nH]2)c1. The van der Waals surface area contributed by atoms with Crippen LogP contribution in [0.2, 0.25) is 0 Å². The summed E-state index contributed by atoms with van der Waals surface area (Å²) in [5, 5.41) is 11.6. The van der Waals surface area contributed by atoms with Crippen LogP contribution >= 0.6 is 0 Å². The molecule has 1 aliphatic rings. The number of nitrogens with zero attached hydrogens (tertiary/aromatic N) is 2. The number of aliphatic hydroxyl groups excluding tert-OH is 1. The maximum Gasteiger partial charge on any atom is 0.302 e. The van der Waals surface area contributed by atoms with E-state index in [0.717, 1.165) is 22.2 Å². The second-order valence-electron chi connectivity index (χ2n) is 9.60. The fraction of sp³-hybridized carbons (Fsp3) is 0.233. The van der Waals surface area contributed by atoms with Crippen molar-refractivity contribution in [1.29, 1.82) is 0 Å². The number of carbonyl (C=O) groups is 2. The molecule has 38 heavy (non-hydrogen) atoms. The number of aryl methyl sites for hydroxylation is 4. The van der Waals surface area contributed by atoms with Crippen LogP contribution in [0.1, 0.15) is 39.4 Å². The number of carbonyl (C=O) groups excluding carboxylic acids is 2. The van der Waals surface area contributed by atoms with Gasteiger partial charge in [-0.15, -0.1) is 0 Å². The van der Waals surface area contributed by atoms with Gasteiger partial charge in [0.15, 0.2) is 0 Å². The van der Waals surface area contributed by atoms with E-state index < -0.39 is 17.7 Å². The zero-order valence-electron chi connectivity index (χ0n) is 22.2. The smallest absolute Gasteiger partial charge is 0.302 e. The lowest BCUT2D eigenvalue weighted by Gasteiger charge is -2.23. The molecule has 1 atom stereocenters. The predicted octanol–water partition coefficient (Wildman–Crippen LogP) is 5.44. The maximum absolute atomic E-state index is 13.6. The molecule has 1 amide bonds. The minimum Gasteiger partial charge on any atom is -0.507 e. The molecule has 0 bridgehead atoms. The van der Waals surface area contributed by atoms with Crippen molar-refractivity contribution in [2.24, 2.45) is 0 Å². The van der Waals surface area contributed by atoms with Crippen LogP contribution in [-0.2, 0) is 9.59 Å². The summed E-state index contributed by atoms with van der Waals surface area (Å²) < 4.78 is 10.8. The van der Waals surface area contributed by atoms with Gasteiger partial charge in [-0.2, -0.15) is 0 Å². The number of aromatic nitrogens is 2. The molecule has 194 valence electrons. The van der Waals surface area contributed by atoms with Gasteiger partial charge in [-0.1, -0.05) is 12.1 Å². The van der Waals surface area contributed by atoms with Crippen molar-refractivity contribution < 1.29 is 24.2 Å². The Kier molecular flexibility index (Phi) is 6.18. The molecule has 1 aliphatic heterocycles. The van der Waals surface area contributed by atoms with Crippen LogP contribution in [-0.4, -0.2) is 41.0 Å². The molecule has 2 heterocycles. The summed E-state index contributed by atoms with van der Waals surface area (Å²) in [5.74, 6) is -0.394. The van der Waals surface area contributed by atoms with Crippen molar-refractivity contribution in [3.05, 3.63) is 87.5 Å². The minimum absolute atomic E-state index is 0.0243. The number of imidazole rings is 1. The van der Waals surface area contributed by atoms with Crippen LogP contribution in [0, 0.1) is 27.7 Å². The van der Waals surface area contributed by atoms with E-state index in [1.165, 1.54) is 4.90 Å². The summed E-state index contributed by atoms with van der Waals surface area (Å²) in [4.78, 5) is 36.3. The average Bonchev–Trinajstić information content (AvgIpc) is 3.42. The molecule has 1 aromatic heterocycles. The van der Waals surface area contributed by atoms with Gasteiger partial charge in [-0.3, -0.25) is 14.5 Å². The maximum atomic E-state index is 13.6. The van der Waals surface area contributed by atoms with Gasteiger partial charge in [0.2, 0.25) is 5.95 Å². The molecule has 2 N–H and O–H groups in total. The molecule has 0 spiro atoms. The second-order valence-corrected chi connectivity index (χ2v) is 9.60. The monoisotopic (exact) mass is 511 g/mol. The van der Waals surface area contributed by atoms with Crippen LogP contribution in [0.3, 0.4) is 0 Å². The highest BCUT2D eigenvalue weighted by atomic mass is 16.5. The number of benzene rings is 3. The molecule has 1 saturated heterocycles. The summed E-state index contributed by atoms with van der Waals surface area (Å²) in [6.07, 6.45) is 0. The third-order valence-electron chi connectivity index (χ3n) is 7.16. The van der Waals surface area contributed by atoms with Gasteiger partial charge >= 0.3 is 5.91 Å². The fourth-order valence-electron chi connectivity index (χ4n) is 4.96. The van der Waals surface area contributed by atoms with E-state index >= 15 is 0 Å². The molecule has 0 aliphatic carbocycles. The molecular weight excluding hydrogens is 482 g/mol. The molecule has 5 rings (SSSR count). The lowest BCUT2D eigenvalue weighted by Crippen LogP contribution is -2.30. The summed E-state index contributed by atoms with van der Waals surface area (Å²) in [6.45, 7) is 7.66. The number of methoxy groups -OCH3 is 2. The lowest BCUT2D eigenvalue weighted by molar-refractivity contribution is -0.132. The first-order chi connectivity index (χ1) is 18.1. The zero-order valence-corrected chi connectivity index (χ0v) is 22.2. The van der Waals surface area contributed by atoms with Crippen molar-refractivity contribution in [2.45, 2.75) is 33.7 Å². The highest BCUT2D eigenvalue weighted by Crippen LogP contribution is 2.43. The molecule has 3 aromatic carbocycles. The molecular formula is C30H29N3O5. The number of H-pyrrole nitrogens is 1. The van der Waals surface area contributed by atoms with Gasteiger partial charge in [0.1, 0.15) is 17.3 Å². The number of Topliss-reactive ketones (excluding diaryl/α,β-unsaturated/α-hetero) is 1. The Bertz CT molecular complexity index is 1610. The topological polar surface area (TPSA) is 105 Å². The van der Waals surface area contributed by atoms with Gasteiger partial charge in [0, 0.05) is 5.56 Å². The Morgan fingerprint density at radius 2 is 1.66 bits per heavy atom. The van der Waals surface area contributed by atoms with Crippen molar-refractivity contribution in [2.75, 3.05) is 19.1 Å². The van der Waals surface area contributed by atoms with E-state index in [1.807, 2.05) is 39.8 Å². The Morgan fingerprint density at radius 1 is 0.921 bits per heavy atom. The number of ether oxygens (including phenoxy) is 2. The standard InChI is InChI=1S/C30H29N3O5/c1-15-11-22-23(12-16(15)2)32-30(31-22)33-26(19-8-7-9-20(14-19)37-5)25(28(35)29(33)36)27(34)21-10-18(4)24(38-6)13-17(21)3/h7-14,26,34H,1-6H3,(H,31,32)/b27-25+. The number of aromatic amines is 1. The summed E-state index contributed by atoms with van der Waals surface area (Å²) in [6, 6.07) is 13.6. The van der Waals surface area contributed by atoms with E-state index in [0.29, 0.717) is 33.7 Å². The lowest BCUT2D eigenvalue weighted by atomic mass is 9.93. The number of nitrogens with one attached hydrogen (secondary N) is 1. The van der Waals surface area contributed by atoms with E-state index in [2.05, 4.69) is 9.97 Å². The Morgan fingerprint density at radius 3 is 2.37 bits per heavy atom. The third-order valence-corrected chi connectivity index (χ3v) is 7.16. The van der Waals surface area contributed by atoms with Crippen molar-refractivity contribution >= 4 is 34.4 Å². The van der Waals surface area contributed by atoms with Crippen LogP contribution in [0.4, 0.5) is 5.95 Å². The van der Waals surface area contributed by atoms with Gasteiger partial charge in [0.25, 0.3) is 5.78 Å². The fourth-order valence-corrected chi connectivity index (χ4v) is 4.96. The third kappa shape index (κ3) is 3.98. The molecule has 1 fully saturated rings. The van der Waals surface area contributed by atoms with Crippen LogP contribution < -0.4 is 14.4 Å². The highest BCUT2D eigenvalue weighted by molar-refractivity contribution is 6.51. The molecule has 8 heteroatoms. The van der Waals surface area contributed by atoms with E-state index in [4.69, 9.17) is 9.47 Å². The highest BCUT2D eigenvalue weighted by Gasteiger charge is 2.48. The number of fused-ring (bicyclic) bond motifs is 1. The van der Waals surface area contributed by atoms with Crippen molar-refractivity contribution in [3.8, 4) is 11.5 Å². The first-order valence-corrected chi connectivity index (χ1v) is 12.2. The molecule has 1 unspecified atom stereocenters. The van der Waals surface area contributed by atoms with Crippen molar-refractivity contribution in [3.63, 3.8) is 0 Å². The van der Waals surface area contributed by atoms with E-state index in [9.17, 15) is 14.7 Å². The molecule has 0 radical (unpaired) electrons. The molecule has 4 aromatic rings. The first-order valence-electron chi connectivity index (χ1n) is 12.2. The van der Waals surface area contributed by atoms with Gasteiger partial charge < -0.3 is 19.6 Å². The number of amides is 1. The van der Waals surface area contributed by atoms with Gasteiger partial charge in [-0.25, -0.2) is 4.98 Å². The molecule has 0 saturated carbocycles. The Balaban J connectivity index is 1.76. The average molecular weight is 512 g/mol. The number of ketones is 1. The summed E-state index contributed by atoms with van der Waals surface area (Å²) >= 11 is 0. The number of hydrogen-bond acceptors (Lipinski definition) is 6. The second kappa shape index (κ2) is 9.37. The zero-order chi connectivity index (χ0) is 27.3. The van der Waals surface area contributed by atoms with Crippen LogP contribution in [0.15, 0.2) is 54.1 Å². The largest absolute Gasteiger partial charge is 0.507 e. The number of anilines is 1. The van der Waals surface area contributed by atoms with Gasteiger partial charge in [0.05, 0.1) is 36.9 Å². The number of rotatable bonds is 5. The van der Waals surface area contributed by atoms with Crippen molar-refractivity contribution in [1.82, 2.24) is 9.97 Å². The first kappa shape index (κ1) is 25.1. The quantitative estimate of drug-likeness (QED) is 0.210. The number of aliphatic hydroxyl groups is 1. The van der Waals surface area contributed by atoms with Crippen LogP contribution in [0.25, 0.3) is 16.8 Å². The number of hydrogen-bond donors (Lipinski definition) is 2. The summed E-state index contributed by atoms with van der Waals surface area (Å²) in [5.41, 5.74) is 6.07. The van der Waals surface area contributed by atoms with Crippen LogP contribution in [0.5, 0.6) is 11.5 Å². The van der Waals surface area contributed by atoms with Gasteiger partial charge in [-0.05, 0) is 91.9 Å². The minimum atomic E-state index is -0.935. The normalized spacial score (nSPS) is 16.9. The Hall–Kier alpha value is -4.59. The van der Waals surface area contributed by atoms with E-state index in [-0.39, 0.29) is 17.3 Å². The van der Waals surface area contributed by atoms with E-state index in [1.54, 1.807) is 50.6 Å². The predicted molar refractivity (Wildman–Crippen MR) is 146 cm³/mol.